The maximum Gasteiger partial charge on any atom is 0.254 e. The number of benzene rings is 2. The molecule has 0 saturated heterocycles. The quantitative estimate of drug-likeness (QED) is 0.541. The summed E-state index contributed by atoms with van der Waals surface area (Å²) in [7, 11) is 0. The molecule has 1 aliphatic rings. The lowest BCUT2D eigenvalue weighted by atomic mass is 10.0. The van der Waals surface area contributed by atoms with Crippen molar-refractivity contribution in [2.75, 3.05) is 6.54 Å². The van der Waals surface area contributed by atoms with Crippen molar-refractivity contribution in [3.8, 4) is 11.3 Å². The van der Waals surface area contributed by atoms with Gasteiger partial charge in [-0.05, 0) is 42.5 Å². The molecule has 0 N–H and O–H groups in total. The Morgan fingerprint density at radius 1 is 1.15 bits per heavy atom. The predicted octanol–water partition coefficient (Wildman–Crippen LogP) is 3.82. The Morgan fingerprint density at radius 3 is 2.85 bits per heavy atom. The smallest absolute Gasteiger partial charge is 0.254 e. The maximum absolute atomic E-state index is 13.2. The van der Waals surface area contributed by atoms with Crippen molar-refractivity contribution < 1.29 is 18.1 Å². The van der Waals surface area contributed by atoms with E-state index in [4.69, 9.17) is 8.94 Å². The highest BCUT2D eigenvalue weighted by atomic mass is 19.1. The molecule has 134 valence electrons. The number of halogens is 1. The van der Waals surface area contributed by atoms with Crippen LogP contribution in [0.2, 0.25) is 0 Å². The minimum Gasteiger partial charge on any atom is -0.443 e. The number of oxazole rings is 1. The molecule has 3 heterocycles. The number of amides is 1. The van der Waals surface area contributed by atoms with Crippen LogP contribution in [0.5, 0.6) is 0 Å². The van der Waals surface area contributed by atoms with Gasteiger partial charge in [0.15, 0.2) is 17.7 Å². The van der Waals surface area contributed by atoms with Crippen LogP contribution < -0.4 is 0 Å². The molecule has 0 saturated carbocycles. The second-order valence-corrected chi connectivity index (χ2v) is 6.46. The Balaban J connectivity index is 1.45. The Hall–Kier alpha value is -3.48. The summed E-state index contributed by atoms with van der Waals surface area (Å²) in [6.45, 7) is 0.944. The third-order valence-electron chi connectivity index (χ3n) is 4.81. The molecule has 27 heavy (non-hydrogen) atoms. The van der Waals surface area contributed by atoms with Crippen LogP contribution in [0.25, 0.3) is 22.4 Å². The molecule has 1 amide bonds. The Kier molecular flexibility index (Phi) is 3.53. The predicted molar refractivity (Wildman–Crippen MR) is 94.4 cm³/mol. The van der Waals surface area contributed by atoms with Gasteiger partial charge in [0.1, 0.15) is 11.3 Å². The van der Waals surface area contributed by atoms with Crippen LogP contribution in [0.4, 0.5) is 4.39 Å². The molecule has 0 aliphatic carbocycles. The molecule has 0 unspecified atom stereocenters. The maximum atomic E-state index is 13.2. The average molecular weight is 363 g/mol. The SMILES string of the molecule is O=C(c1ccc2ocnc2c1)N1CCc2noc(-c3ccc(F)cc3)c2C1. The van der Waals surface area contributed by atoms with Crippen molar-refractivity contribution in [2.24, 2.45) is 0 Å². The van der Waals surface area contributed by atoms with Crippen molar-refractivity contribution in [3.05, 3.63) is 71.5 Å². The van der Waals surface area contributed by atoms with Gasteiger partial charge in [0, 0.05) is 29.7 Å². The first kappa shape index (κ1) is 15.7. The average Bonchev–Trinajstić information content (AvgIpc) is 3.33. The molecule has 2 aromatic heterocycles. The Morgan fingerprint density at radius 2 is 2.00 bits per heavy atom. The highest BCUT2D eigenvalue weighted by molar-refractivity contribution is 5.97. The second kappa shape index (κ2) is 6.05. The van der Waals surface area contributed by atoms with Crippen LogP contribution >= 0.6 is 0 Å². The van der Waals surface area contributed by atoms with E-state index in [1.54, 1.807) is 35.2 Å². The van der Waals surface area contributed by atoms with Gasteiger partial charge in [-0.15, -0.1) is 0 Å². The minimum atomic E-state index is -0.313. The summed E-state index contributed by atoms with van der Waals surface area (Å²) in [5.41, 5.74) is 4.29. The zero-order valence-electron chi connectivity index (χ0n) is 14.2. The van der Waals surface area contributed by atoms with E-state index in [2.05, 4.69) is 10.1 Å². The van der Waals surface area contributed by atoms with Gasteiger partial charge in [-0.2, -0.15) is 0 Å². The fraction of sp³-hybridized carbons (Fsp3) is 0.150. The van der Waals surface area contributed by atoms with Crippen LogP contribution in [0.15, 0.2) is 57.8 Å². The zero-order valence-corrected chi connectivity index (χ0v) is 14.2. The molecule has 5 rings (SSSR count). The summed E-state index contributed by atoms with van der Waals surface area (Å²) in [6, 6.07) is 11.3. The minimum absolute atomic E-state index is 0.0863. The van der Waals surface area contributed by atoms with Crippen LogP contribution in [-0.4, -0.2) is 27.5 Å². The lowest BCUT2D eigenvalue weighted by Gasteiger charge is -2.26. The van der Waals surface area contributed by atoms with Gasteiger partial charge < -0.3 is 13.8 Å². The number of carbonyl (C=O) groups is 1. The van der Waals surface area contributed by atoms with Crippen molar-refractivity contribution in [1.29, 1.82) is 0 Å². The molecule has 0 bridgehead atoms. The molecule has 2 aromatic carbocycles. The summed E-state index contributed by atoms with van der Waals surface area (Å²) >= 11 is 0. The molecule has 0 spiro atoms. The van der Waals surface area contributed by atoms with E-state index in [1.807, 2.05) is 0 Å². The largest absolute Gasteiger partial charge is 0.443 e. The summed E-state index contributed by atoms with van der Waals surface area (Å²) in [5, 5.41) is 4.13. The normalized spacial score (nSPS) is 13.7. The molecule has 0 atom stereocenters. The van der Waals surface area contributed by atoms with Crippen molar-refractivity contribution >= 4 is 17.0 Å². The Labute approximate surface area is 153 Å². The van der Waals surface area contributed by atoms with E-state index in [-0.39, 0.29) is 11.7 Å². The summed E-state index contributed by atoms with van der Waals surface area (Å²) in [6.07, 6.45) is 1.97. The summed E-state index contributed by atoms with van der Waals surface area (Å²) in [4.78, 5) is 18.8. The van der Waals surface area contributed by atoms with Crippen LogP contribution in [0, 0.1) is 5.82 Å². The number of rotatable bonds is 2. The number of hydrogen-bond donors (Lipinski definition) is 0. The van der Waals surface area contributed by atoms with Gasteiger partial charge in [0.2, 0.25) is 0 Å². The van der Waals surface area contributed by atoms with Crippen LogP contribution in [0.1, 0.15) is 21.6 Å². The van der Waals surface area contributed by atoms with Crippen LogP contribution in [0.3, 0.4) is 0 Å². The van der Waals surface area contributed by atoms with E-state index in [0.717, 1.165) is 16.8 Å². The molecule has 4 aromatic rings. The summed E-state index contributed by atoms with van der Waals surface area (Å²) < 4.78 is 23.9. The van der Waals surface area contributed by atoms with Crippen molar-refractivity contribution in [1.82, 2.24) is 15.0 Å². The molecule has 6 nitrogen and oxygen atoms in total. The lowest BCUT2D eigenvalue weighted by Crippen LogP contribution is -2.35. The zero-order chi connectivity index (χ0) is 18.4. The number of nitrogens with zero attached hydrogens (tertiary/aromatic N) is 3. The fourth-order valence-electron chi connectivity index (χ4n) is 3.39. The highest BCUT2D eigenvalue weighted by Crippen LogP contribution is 2.31. The first-order valence-corrected chi connectivity index (χ1v) is 8.55. The molecule has 1 aliphatic heterocycles. The topological polar surface area (TPSA) is 72.4 Å². The first-order chi connectivity index (χ1) is 13.2. The van der Waals surface area contributed by atoms with E-state index >= 15 is 0 Å². The lowest BCUT2D eigenvalue weighted by molar-refractivity contribution is 0.0734. The van der Waals surface area contributed by atoms with E-state index < -0.39 is 0 Å². The number of hydrogen-bond acceptors (Lipinski definition) is 5. The molecular weight excluding hydrogens is 349 g/mol. The second-order valence-electron chi connectivity index (χ2n) is 6.46. The third-order valence-corrected chi connectivity index (χ3v) is 4.81. The monoisotopic (exact) mass is 363 g/mol. The van der Waals surface area contributed by atoms with Gasteiger partial charge in [-0.1, -0.05) is 5.16 Å². The third kappa shape index (κ3) is 2.68. The van der Waals surface area contributed by atoms with Crippen LogP contribution in [-0.2, 0) is 13.0 Å². The van der Waals surface area contributed by atoms with E-state index in [9.17, 15) is 9.18 Å². The molecule has 0 radical (unpaired) electrons. The van der Waals surface area contributed by atoms with E-state index in [0.29, 0.717) is 41.9 Å². The highest BCUT2D eigenvalue weighted by Gasteiger charge is 2.28. The molecule has 0 fully saturated rings. The molecular formula is C20H14FN3O3. The molecule has 7 heteroatoms. The van der Waals surface area contributed by atoms with Gasteiger partial charge in [0.25, 0.3) is 5.91 Å². The standard InChI is InChI=1S/C20H14FN3O3/c21-14-4-1-12(2-5-14)19-15-10-24(8-7-16(15)23-27-19)20(25)13-3-6-18-17(9-13)22-11-26-18/h1-6,9,11H,7-8,10H2. The van der Waals surface area contributed by atoms with Gasteiger partial charge in [0.05, 0.1) is 12.2 Å². The fourth-order valence-corrected chi connectivity index (χ4v) is 3.39. The first-order valence-electron chi connectivity index (χ1n) is 8.55. The van der Waals surface area contributed by atoms with Crippen molar-refractivity contribution in [3.63, 3.8) is 0 Å². The summed E-state index contributed by atoms with van der Waals surface area (Å²) in [5.74, 6) is 0.179. The van der Waals surface area contributed by atoms with Gasteiger partial charge in [-0.3, -0.25) is 4.79 Å². The number of fused-ring (bicyclic) bond motifs is 2. The number of aromatic nitrogens is 2. The number of carbonyl (C=O) groups excluding carboxylic acids is 1. The van der Waals surface area contributed by atoms with Gasteiger partial charge >= 0.3 is 0 Å². The Bertz CT molecular complexity index is 1150. The van der Waals surface area contributed by atoms with Gasteiger partial charge in [-0.25, -0.2) is 9.37 Å². The van der Waals surface area contributed by atoms with Crippen molar-refractivity contribution in [2.45, 2.75) is 13.0 Å². The van der Waals surface area contributed by atoms with E-state index in [1.165, 1.54) is 18.5 Å².